The predicted octanol–water partition coefficient (Wildman–Crippen LogP) is 2.29. The van der Waals surface area contributed by atoms with Crippen LogP contribution < -0.4 is 0 Å². The van der Waals surface area contributed by atoms with Gasteiger partial charge in [0.05, 0.1) is 18.3 Å². The Morgan fingerprint density at radius 1 is 1.28 bits per heavy atom. The lowest BCUT2D eigenvalue weighted by Gasteiger charge is -2.20. The van der Waals surface area contributed by atoms with Crippen molar-refractivity contribution in [3.63, 3.8) is 0 Å². The molecule has 0 saturated carbocycles. The lowest BCUT2D eigenvalue weighted by atomic mass is 10.1. The number of sulfone groups is 1. The number of hydrogen-bond donors (Lipinski definition) is 0. The molecule has 0 aromatic heterocycles. The molecule has 0 fully saturated rings. The van der Waals surface area contributed by atoms with Gasteiger partial charge in [-0.3, -0.25) is 4.79 Å². The van der Waals surface area contributed by atoms with Gasteiger partial charge in [0, 0.05) is 0 Å². The minimum Gasteiger partial charge on any atom is -0.466 e. The summed E-state index contributed by atoms with van der Waals surface area (Å²) in [7, 11) is -5.35. The molecule has 0 aliphatic carbocycles. The van der Waals surface area contributed by atoms with Gasteiger partial charge in [0.25, 0.3) is 9.84 Å². The third-order valence-corrected chi connectivity index (χ3v) is 4.08. The molecule has 18 heavy (non-hydrogen) atoms. The van der Waals surface area contributed by atoms with Crippen LogP contribution in [0.1, 0.15) is 33.6 Å². The largest absolute Gasteiger partial charge is 0.497 e. The van der Waals surface area contributed by atoms with Crippen molar-refractivity contribution in [2.45, 2.75) is 44.4 Å². The summed E-state index contributed by atoms with van der Waals surface area (Å²) in [5.41, 5.74) is -5.35. The van der Waals surface area contributed by atoms with Gasteiger partial charge in [-0.25, -0.2) is 8.42 Å². The van der Waals surface area contributed by atoms with Crippen LogP contribution in [0.4, 0.5) is 13.2 Å². The van der Waals surface area contributed by atoms with Gasteiger partial charge in [0.1, 0.15) is 0 Å². The first-order valence-corrected chi connectivity index (χ1v) is 7.02. The molecule has 1 atom stereocenters. The highest BCUT2D eigenvalue weighted by Crippen LogP contribution is 2.31. The fourth-order valence-corrected chi connectivity index (χ4v) is 2.81. The smallest absolute Gasteiger partial charge is 0.466 e. The molecule has 8 heteroatoms. The van der Waals surface area contributed by atoms with Gasteiger partial charge in [-0.15, -0.1) is 0 Å². The maximum atomic E-state index is 12.4. The predicted molar refractivity (Wildman–Crippen MR) is 59.5 cm³/mol. The minimum atomic E-state index is -5.35. The third-order valence-electron chi connectivity index (χ3n) is 2.20. The Bertz CT molecular complexity index is 373. The summed E-state index contributed by atoms with van der Waals surface area (Å²) < 4.78 is 64.4. The number of ether oxygens (including phenoxy) is 1. The number of alkyl halides is 3. The molecule has 0 aromatic carbocycles. The Balaban J connectivity index is 5.07. The van der Waals surface area contributed by atoms with E-state index in [4.69, 9.17) is 0 Å². The Hall–Kier alpha value is -0.790. The first-order valence-electron chi connectivity index (χ1n) is 5.48. The van der Waals surface area contributed by atoms with Crippen molar-refractivity contribution in [1.82, 2.24) is 0 Å². The SMILES string of the molecule is CCOC(=O)CC(CC(C)C)S(=O)(=O)C(F)(F)F. The van der Waals surface area contributed by atoms with Gasteiger partial charge in [0.15, 0.2) is 0 Å². The molecule has 0 bridgehead atoms. The van der Waals surface area contributed by atoms with E-state index in [1.54, 1.807) is 13.8 Å². The summed E-state index contributed by atoms with van der Waals surface area (Å²) in [5, 5.41) is -1.78. The van der Waals surface area contributed by atoms with E-state index in [1.807, 2.05) is 0 Å². The van der Waals surface area contributed by atoms with Crippen LogP contribution in [-0.4, -0.2) is 31.8 Å². The molecule has 0 heterocycles. The second-order valence-electron chi connectivity index (χ2n) is 4.25. The van der Waals surface area contributed by atoms with Crippen LogP contribution in [0.3, 0.4) is 0 Å². The van der Waals surface area contributed by atoms with Crippen LogP contribution >= 0.6 is 0 Å². The molecule has 0 N–H and O–H groups in total. The van der Waals surface area contributed by atoms with Crippen LogP contribution in [-0.2, 0) is 19.4 Å². The second-order valence-corrected chi connectivity index (χ2v) is 6.47. The monoisotopic (exact) mass is 290 g/mol. The van der Waals surface area contributed by atoms with Crippen molar-refractivity contribution >= 4 is 15.8 Å². The maximum absolute atomic E-state index is 12.4. The van der Waals surface area contributed by atoms with Gasteiger partial charge in [-0.05, 0) is 19.3 Å². The van der Waals surface area contributed by atoms with Gasteiger partial charge in [-0.2, -0.15) is 13.2 Å². The van der Waals surface area contributed by atoms with E-state index >= 15 is 0 Å². The molecule has 108 valence electrons. The summed E-state index contributed by atoms with van der Waals surface area (Å²) in [6.45, 7) is 4.67. The highest BCUT2D eigenvalue weighted by Gasteiger charge is 2.51. The normalized spacial score (nSPS) is 14.6. The van der Waals surface area contributed by atoms with Crippen LogP contribution in [0.5, 0.6) is 0 Å². The molecule has 0 spiro atoms. The zero-order valence-corrected chi connectivity index (χ0v) is 11.3. The Morgan fingerprint density at radius 2 is 1.78 bits per heavy atom. The number of rotatable bonds is 6. The van der Waals surface area contributed by atoms with E-state index in [1.165, 1.54) is 6.92 Å². The summed E-state index contributed by atoms with van der Waals surface area (Å²) in [6, 6.07) is 0. The van der Waals surface area contributed by atoms with E-state index in [0.29, 0.717) is 0 Å². The highest BCUT2D eigenvalue weighted by atomic mass is 32.2. The van der Waals surface area contributed by atoms with Gasteiger partial charge >= 0.3 is 11.5 Å². The molecule has 0 saturated heterocycles. The summed E-state index contributed by atoms with van der Waals surface area (Å²) in [5.74, 6) is -1.21. The quantitative estimate of drug-likeness (QED) is 0.704. The zero-order valence-electron chi connectivity index (χ0n) is 10.5. The van der Waals surface area contributed by atoms with E-state index in [2.05, 4.69) is 4.74 Å². The molecule has 0 aliphatic heterocycles. The van der Waals surface area contributed by atoms with Crippen molar-refractivity contribution < 1.29 is 31.1 Å². The standard InChI is InChI=1S/C10H17F3O4S/c1-4-17-9(14)6-8(5-7(2)3)18(15,16)10(11,12)13/h7-8H,4-6H2,1-3H3. The van der Waals surface area contributed by atoms with Gasteiger partial charge in [-0.1, -0.05) is 13.8 Å². The van der Waals surface area contributed by atoms with Crippen molar-refractivity contribution in [1.29, 1.82) is 0 Å². The molecular weight excluding hydrogens is 273 g/mol. The van der Waals surface area contributed by atoms with Crippen LogP contribution in [0.2, 0.25) is 0 Å². The third kappa shape index (κ3) is 4.83. The molecule has 0 radical (unpaired) electrons. The van der Waals surface area contributed by atoms with Gasteiger partial charge < -0.3 is 4.74 Å². The molecule has 0 aromatic rings. The maximum Gasteiger partial charge on any atom is 0.497 e. The van der Waals surface area contributed by atoms with Crippen LogP contribution in [0.15, 0.2) is 0 Å². The molecule has 4 nitrogen and oxygen atoms in total. The number of carbonyl (C=O) groups excluding carboxylic acids is 1. The van der Waals surface area contributed by atoms with E-state index in [0.717, 1.165) is 0 Å². The Kier molecular flexibility index (Phi) is 6.12. The number of carbonyl (C=O) groups is 1. The second kappa shape index (κ2) is 6.40. The average Bonchev–Trinajstić information content (AvgIpc) is 2.14. The summed E-state index contributed by atoms with van der Waals surface area (Å²) >= 11 is 0. The van der Waals surface area contributed by atoms with E-state index in [-0.39, 0.29) is 18.9 Å². The van der Waals surface area contributed by atoms with Crippen molar-refractivity contribution in [2.75, 3.05) is 6.61 Å². The zero-order chi connectivity index (χ0) is 14.6. The fourth-order valence-electron chi connectivity index (χ4n) is 1.44. The van der Waals surface area contributed by atoms with Crippen molar-refractivity contribution in [3.05, 3.63) is 0 Å². The summed E-state index contributed by atoms with van der Waals surface area (Å²) in [4.78, 5) is 11.2. The molecule has 0 aliphatic rings. The van der Waals surface area contributed by atoms with E-state index in [9.17, 15) is 26.4 Å². The van der Waals surface area contributed by atoms with Crippen LogP contribution in [0, 0.1) is 5.92 Å². The topological polar surface area (TPSA) is 60.4 Å². The highest BCUT2D eigenvalue weighted by molar-refractivity contribution is 7.92. The van der Waals surface area contributed by atoms with E-state index < -0.39 is 33.0 Å². The number of esters is 1. The molecule has 0 rings (SSSR count). The Morgan fingerprint density at radius 3 is 2.11 bits per heavy atom. The molecular formula is C10H17F3O4S. The number of hydrogen-bond acceptors (Lipinski definition) is 4. The average molecular weight is 290 g/mol. The van der Waals surface area contributed by atoms with Gasteiger partial charge in [0.2, 0.25) is 0 Å². The Labute approximate surface area is 104 Å². The van der Waals surface area contributed by atoms with Crippen molar-refractivity contribution in [2.24, 2.45) is 5.92 Å². The molecule has 0 amide bonds. The summed E-state index contributed by atoms with van der Waals surface area (Å²) in [6.07, 6.45) is -1.01. The van der Waals surface area contributed by atoms with Crippen molar-refractivity contribution in [3.8, 4) is 0 Å². The lowest BCUT2D eigenvalue weighted by Crippen LogP contribution is -2.37. The minimum absolute atomic E-state index is 0.000697. The number of halogens is 3. The first-order chi connectivity index (χ1) is 8.02. The lowest BCUT2D eigenvalue weighted by molar-refractivity contribution is -0.143. The fraction of sp³-hybridized carbons (Fsp3) is 0.900. The molecule has 1 unspecified atom stereocenters. The van der Waals surface area contributed by atoms with Crippen LogP contribution in [0.25, 0.3) is 0 Å². The first kappa shape index (κ1) is 17.2.